The van der Waals surface area contributed by atoms with E-state index < -0.39 is 17.9 Å². The summed E-state index contributed by atoms with van der Waals surface area (Å²) in [6.45, 7) is 8.28. The van der Waals surface area contributed by atoms with Gasteiger partial charge in [0, 0.05) is 0 Å². The first-order chi connectivity index (χ1) is 6.97. The Hall–Kier alpha value is -0.177. The van der Waals surface area contributed by atoms with E-state index in [4.69, 9.17) is 0 Å². The van der Waals surface area contributed by atoms with Crippen LogP contribution in [0.3, 0.4) is 0 Å². The van der Waals surface area contributed by atoms with Gasteiger partial charge in [-0.2, -0.15) is 0 Å². The summed E-state index contributed by atoms with van der Waals surface area (Å²) >= 11 is -4.06. The second-order valence-electron chi connectivity index (χ2n) is 4.98. The molecular formula is C10H24N2O2Zr. The Morgan fingerprint density at radius 1 is 0.800 bits per heavy atom. The maximum atomic E-state index is 10.9. The van der Waals surface area contributed by atoms with Gasteiger partial charge in [-0.15, -0.1) is 0 Å². The molecular weight excluding hydrogens is 271 g/mol. The Kier molecular flexibility index (Phi) is 4.31. The summed E-state index contributed by atoms with van der Waals surface area (Å²) in [7, 11) is 0. The molecule has 4 nitrogen and oxygen atoms in total. The van der Waals surface area contributed by atoms with Crippen LogP contribution >= 0.6 is 0 Å². The predicted molar refractivity (Wildman–Crippen MR) is 60.3 cm³/mol. The summed E-state index contributed by atoms with van der Waals surface area (Å²) in [6, 6.07) is 0. The summed E-state index contributed by atoms with van der Waals surface area (Å²) in [6.07, 6.45) is 1.54. The zero-order valence-corrected chi connectivity index (χ0v) is 12.8. The molecule has 0 spiro atoms. The van der Waals surface area contributed by atoms with Crippen molar-refractivity contribution in [1.82, 2.24) is 6.52 Å². The maximum absolute atomic E-state index is 10.9. The van der Waals surface area contributed by atoms with Crippen LogP contribution < -0.4 is 6.52 Å². The van der Waals surface area contributed by atoms with Crippen molar-refractivity contribution in [3.05, 3.63) is 0 Å². The SMILES string of the molecule is C[CH2][Zr]([CH2]C)([CH2]C)([CH2]C)([NH]C=O)[NH]C=O. The molecule has 0 fully saturated rings. The fourth-order valence-electron chi connectivity index (χ4n) is 2.75. The first-order valence-corrected chi connectivity index (χ1v) is 15.2. The van der Waals surface area contributed by atoms with Gasteiger partial charge in [0.1, 0.15) is 0 Å². The molecule has 0 aliphatic rings. The van der Waals surface area contributed by atoms with Crippen molar-refractivity contribution < 1.29 is 27.5 Å². The Morgan fingerprint density at radius 2 is 1.07 bits per heavy atom. The standard InChI is InChI=1S/4C2H5.2CH3NO.Zr/c4*1-2;2*2-1-3;/h4*1H2,2H3;2*1H,(H2,2,3);/q;;;;;;+2/p-2. The van der Waals surface area contributed by atoms with Crippen LogP contribution in [0.25, 0.3) is 0 Å². The van der Waals surface area contributed by atoms with E-state index in [1.54, 1.807) is 0 Å². The molecule has 0 saturated carbocycles. The minimum atomic E-state index is -4.06. The molecule has 0 bridgehead atoms. The molecule has 0 aliphatic heterocycles. The fourth-order valence-corrected chi connectivity index (χ4v) is 16.3. The Bertz CT molecular complexity index is 219. The average molecular weight is 296 g/mol. The van der Waals surface area contributed by atoms with Gasteiger partial charge in [-0.25, -0.2) is 0 Å². The Morgan fingerprint density at radius 3 is 1.20 bits per heavy atom. The molecule has 90 valence electrons. The van der Waals surface area contributed by atoms with Crippen LogP contribution in [0.4, 0.5) is 0 Å². The minimum absolute atomic E-state index is 0.772. The van der Waals surface area contributed by atoms with Crippen LogP contribution in [0.15, 0.2) is 0 Å². The zero-order valence-electron chi connectivity index (χ0n) is 10.3. The summed E-state index contributed by atoms with van der Waals surface area (Å²) in [5, 5.41) is 0. The monoisotopic (exact) mass is 294 g/mol. The first kappa shape index (κ1) is 14.8. The Labute approximate surface area is 90.9 Å². The number of amides is 2. The van der Waals surface area contributed by atoms with E-state index in [-0.39, 0.29) is 0 Å². The van der Waals surface area contributed by atoms with Crippen LogP contribution in [0.5, 0.6) is 0 Å². The van der Waals surface area contributed by atoms with Crippen LogP contribution in [0.1, 0.15) is 27.7 Å². The number of rotatable bonds is 8. The average Bonchev–Trinajstić information content (AvgIpc) is 2.30. The van der Waals surface area contributed by atoms with E-state index in [9.17, 15) is 9.59 Å². The van der Waals surface area contributed by atoms with Gasteiger partial charge in [0.25, 0.3) is 0 Å². The van der Waals surface area contributed by atoms with Gasteiger partial charge in [0.2, 0.25) is 0 Å². The molecule has 15 heavy (non-hydrogen) atoms. The van der Waals surface area contributed by atoms with E-state index in [0.29, 0.717) is 0 Å². The molecule has 0 unspecified atom stereocenters. The Balaban J connectivity index is 5.80. The van der Waals surface area contributed by atoms with Crippen molar-refractivity contribution in [2.45, 2.75) is 44.2 Å². The van der Waals surface area contributed by atoms with Crippen molar-refractivity contribution in [3.63, 3.8) is 0 Å². The summed E-state index contributed by atoms with van der Waals surface area (Å²) in [5.74, 6) is 0. The quantitative estimate of drug-likeness (QED) is 0.675. The van der Waals surface area contributed by atoms with Crippen molar-refractivity contribution in [2.75, 3.05) is 0 Å². The zero-order chi connectivity index (χ0) is 12.1. The van der Waals surface area contributed by atoms with E-state index in [0.717, 1.165) is 29.3 Å². The van der Waals surface area contributed by atoms with Gasteiger partial charge in [0.15, 0.2) is 0 Å². The molecule has 0 rings (SSSR count). The second-order valence-corrected chi connectivity index (χ2v) is 28.3. The van der Waals surface area contributed by atoms with Gasteiger partial charge in [0.05, 0.1) is 0 Å². The number of hydrogen-bond acceptors (Lipinski definition) is 2. The molecule has 0 aromatic carbocycles. The van der Waals surface area contributed by atoms with E-state index in [2.05, 4.69) is 34.2 Å². The molecule has 0 atom stereocenters. The third kappa shape index (κ3) is 1.91. The van der Waals surface area contributed by atoms with Crippen molar-refractivity contribution in [2.24, 2.45) is 0 Å². The molecule has 0 saturated heterocycles. The van der Waals surface area contributed by atoms with Crippen LogP contribution in [-0.2, 0) is 27.5 Å². The molecule has 0 aromatic rings. The number of hydrogen-bond donors (Lipinski definition) is 2. The molecule has 2 N–H and O–H groups in total. The van der Waals surface area contributed by atoms with Crippen LogP contribution in [-0.4, -0.2) is 12.8 Å². The molecule has 0 heterocycles. The van der Waals surface area contributed by atoms with E-state index in [1.165, 1.54) is 0 Å². The molecule has 2 amide bonds. The summed E-state index contributed by atoms with van der Waals surface area (Å²) < 4.78 is 9.66. The summed E-state index contributed by atoms with van der Waals surface area (Å²) in [5.41, 5.74) is 0. The molecule has 0 aromatic heterocycles. The van der Waals surface area contributed by atoms with Gasteiger partial charge in [-0.05, 0) is 0 Å². The number of carbonyl (C=O) groups excluding carboxylic acids is 2. The fraction of sp³-hybridized carbons (Fsp3) is 0.800. The molecule has 0 radical (unpaired) electrons. The molecule has 0 aliphatic carbocycles. The third-order valence-electron chi connectivity index (χ3n) is 5.49. The van der Waals surface area contributed by atoms with Crippen LogP contribution in [0.2, 0.25) is 16.5 Å². The third-order valence-corrected chi connectivity index (χ3v) is 32.5. The van der Waals surface area contributed by atoms with Crippen molar-refractivity contribution in [1.29, 1.82) is 0 Å². The van der Waals surface area contributed by atoms with Gasteiger partial charge < -0.3 is 0 Å². The predicted octanol–water partition coefficient (Wildman–Crippen LogP) is 2.29. The van der Waals surface area contributed by atoms with Gasteiger partial charge in [-0.3, -0.25) is 0 Å². The second kappa shape index (κ2) is 4.36. The normalized spacial score (nSPS) is 16.0. The van der Waals surface area contributed by atoms with E-state index in [1.807, 2.05) is 0 Å². The first-order valence-electron chi connectivity index (χ1n) is 5.79. The van der Waals surface area contributed by atoms with E-state index >= 15 is 0 Å². The van der Waals surface area contributed by atoms with Crippen molar-refractivity contribution >= 4 is 12.8 Å². The number of carbonyl (C=O) groups is 2. The van der Waals surface area contributed by atoms with Gasteiger partial charge >= 0.3 is 91.0 Å². The van der Waals surface area contributed by atoms with Crippen molar-refractivity contribution in [3.8, 4) is 0 Å². The summed E-state index contributed by atoms with van der Waals surface area (Å²) in [4.78, 5) is 21.8. The molecule has 5 heteroatoms. The topological polar surface area (TPSA) is 58.2 Å². The van der Waals surface area contributed by atoms with Gasteiger partial charge in [-0.1, -0.05) is 0 Å². The van der Waals surface area contributed by atoms with Crippen LogP contribution in [0, 0.1) is 0 Å². The number of nitrogens with one attached hydrogen (secondary N) is 2.